The number of fused-ring (bicyclic) bond motifs is 1. The third-order valence-electron chi connectivity index (χ3n) is 6.40. The molecule has 0 radical (unpaired) electrons. The normalized spacial score (nSPS) is 17.2. The van der Waals surface area contributed by atoms with Gasteiger partial charge in [-0.15, -0.1) is 0 Å². The maximum absolute atomic E-state index is 15.0. The van der Waals surface area contributed by atoms with Crippen LogP contribution in [-0.4, -0.2) is 100 Å². The van der Waals surface area contributed by atoms with Gasteiger partial charge in [0.2, 0.25) is 11.7 Å². The second kappa shape index (κ2) is 11.0. The zero-order valence-corrected chi connectivity index (χ0v) is 20.8. The maximum atomic E-state index is 15.0. The molecule has 2 saturated heterocycles. The fraction of sp³-hybridized carbons (Fsp3) is 0.333. The molecule has 40 heavy (non-hydrogen) atoms. The van der Waals surface area contributed by atoms with Gasteiger partial charge in [0.15, 0.2) is 17.7 Å². The number of rotatable bonds is 7. The summed E-state index contributed by atoms with van der Waals surface area (Å²) in [7, 11) is 0. The lowest BCUT2D eigenvalue weighted by molar-refractivity contribution is -0.130. The standard InChI is InChI=1S/C24H23F2N7O7/c25-16-8-14(33-11-15(40-23(33)36)13-39-24(37)38)9-17(26)20(16)31-6-4-30(5-7-31)19(34)10-28-21(35)18-12-32-3-1-2-27-22(32)29-18/h1-3,8-9,12,15H,4-7,10-11,13H2,(H,28,35)(H,37,38)/t15-/m1/s1. The highest BCUT2D eigenvalue weighted by Gasteiger charge is 2.35. The Hall–Kier alpha value is -5.02. The molecule has 210 valence electrons. The van der Waals surface area contributed by atoms with Crippen LogP contribution in [0.15, 0.2) is 36.8 Å². The molecule has 2 aliphatic heterocycles. The molecule has 2 N–H and O–H groups in total. The number of piperazine rings is 1. The van der Waals surface area contributed by atoms with Crippen LogP contribution in [0.4, 0.5) is 29.7 Å². The molecule has 0 saturated carbocycles. The van der Waals surface area contributed by atoms with Crippen molar-refractivity contribution in [2.24, 2.45) is 0 Å². The number of nitrogens with zero attached hydrogens (tertiary/aromatic N) is 6. The van der Waals surface area contributed by atoms with Gasteiger partial charge in [-0.05, 0) is 6.07 Å². The van der Waals surface area contributed by atoms with Crippen molar-refractivity contribution in [3.05, 3.63) is 54.1 Å². The molecule has 1 atom stereocenters. The molecule has 2 aliphatic rings. The summed E-state index contributed by atoms with van der Waals surface area (Å²) in [6.45, 7) is -0.242. The Balaban J connectivity index is 1.15. The number of cyclic esters (lactones) is 1. The minimum Gasteiger partial charge on any atom is -0.450 e. The molecular formula is C24H23F2N7O7. The first-order valence-electron chi connectivity index (χ1n) is 12.1. The highest BCUT2D eigenvalue weighted by molar-refractivity contribution is 5.95. The molecule has 2 fully saturated rings. The number of halogens is 2. The van der Waals surface area contributed by atoms with Crippen LogP contribution in [-0.2, 0) is 14.3 Å². The van der Waals surface area contributed by atoms with Crippen molar-refractivity contribution in [3.8, 4) is 0 Å². The molecule has 4 heterocycles. The van der Waals surface area contributed by atoms with E-state index in [2.05, 4.69) is 20.0 Å². The van der Waals surface area contributed by atoms with Gasteiger partial charge in [-0.2, -0.15) is 0 Å². The lowest BCUT2D eigenvalue weighted by atomic mass is 10.2. The molecule has 0 spiro atoms. The zero-order valence-electron chi connectivity index (χ0n) is 20.8. The summed E-state index contributed by atoms with van der Waals surface area (Å²) < 4.78 is 41.0. The summed E-state index contributed by atoms with van der Waals surface area (Å²) in [4.78, 5) is 59.7. The van der Waals surface area contributed by atoms with Gasteiger partial charge in [-0.3, -0.25) is 18.9 Å². The van der Waals surface area contributed by atoms with Crippen LogP contribution in [0.25, 0.3) is 5.78 Å². The SMILES string of the molecule is O=C(O)OC[C@H]1CN(c2cc(F)c(N3CCN(C(=O)CNC(=O)c4cn5cccnc5n4)CC3)c(F)c2)C(=O)O1. The highest BCUT2D eigenvalue weighted by Crippen LogP contribution is 2.31. The Morgan fingerprint density at radius 1 is 1.15 bits per heavy atom. The molecule has 14 nitrogen and oxygen atoms in total. The number of benzene rings is 1. The molecular weight excluding hydrogens is 536 g/mol. The summed E-state index contributed by atoms with van der Waals surface area (Å²) in [5, 5.41) is 11.1. The first-order valence-corrected chi connectivity index (χ1v) is 12.1. The number of anilines is 2. The number of ether oxygens (including phenoxy) is 2. The highest BCUT2D eigenvalue weighted by atomic mass is 19.1. The summed E-state index contributed by atoms with van der Waals surface area (Å²) in [6, 6.07) is 3.66. The van der Waals surface area contributed by atoms with Gasteiger partial charge in [-0.25, -0.2) is 28.3 Å². The molecule has 3 aromatic rings. The number of nitrogens with one attached hydrogen (secondary N) is 1. The van der Waals surface area contributed by atoms with Crippen LogP contribution >= 0.6 is 0 Å². The minimum atomic E-state index is -1.54. The van der Waals surface area contributed by atoms with Gasteiger partial charge in [0.25, 0.3) is 5.91 Å². The Labute approximate surface area is 224 Å². The maximum Gasteiger partial charge on any atom is 0.505 e. The molecule has 5 rings (SSSR count). The zero-order chi connectivity index (χ0) is 28.4. The average Bonchev–Trinajstić information content (AvgIpc) is 3.53. The van der Waals surface area contributed by atoms with E-state index in [-0.39, 0.29) is 62.2 Å². The summed E-state index contributed by atoms with van der Waals surface area (Å²) in [5.74, 6) is -2.38. The van der Waals surface area contributed by atoms with Crippen molar-refractivity contribution in [2.45, 2.75) is 6.10 Å². The summed E-state index contributed by atoms with van der Waals surface area (Å²) in [5.41, 5.74) is -0.285. The largest absolute Gasteiger partial charge is 0.505 e. The van der Waals surface area contributed by atoms with Crippen LogP contribution < -0.4 is 15.1 Å². The Morgan fingerprint density at radius 3 is 2.55 bits per heavy atom. The molecule has 0 bridgehead atoms. The van der Waals surface area contributed by atoms with Gasteiger partial charge in [-0.1, -0.05) is 0 Å². The number of carbonyl (C=O) groups is 4. The molecule has 3 amide bonds. The van der Waals surface area contributed by atoms with E-state index in [0.717, 1.165) is 17.0 Å². The lowest BCUT2D eigenvalue weighted by Gasteiger charge is -2.36. The van der Waals surface area contributed by atoms with Crippen molar-refractivity contribution in [1.29, 1.82) is 0 Å². The van der Waals surface area contributed by atoms with Crippen molar-refractivity contribution in [1.82, 2.24) is 24.6 Å². The first kappa shape index (κ1) is 26.6. The van der Waals surface area contributed by atoms with E-state index < -0.39 is 42.5 Å². The fourth-order valence-electron chi connectivity index (χ4n) is 4.47. The number of amides is 3. The summed E-state index contributed by atoms with van der Waals surface area (Å²) in [6.07, 6.45) is 1.38. The van der Waals surface area contributed by atoms with Crippen molar-refractivity contribution in [3.63, 3.8) is 0 Å². The number of carbonyl (C=O) groups excluding carboxylic acids is 3. The number of imidazole rings is 1. The Kier molecular flexibility index (Phi) is 7.31. The Morgan fingerprint density at radius 2 is 1.88 bits per heavy atom. The quantitative estimate of drug-likeness (QED) is 0.402. The molecule has 2 aromatic heterocycles. The van der Waals surface area contributed by atoms with Gasteiger partial charge < -0.3 is 29.7 Å². The van der Waals surface area contributed by atoms with Crippen LogP contribution in [0.3, 0.4) is 0 Å². The van der Waals surface area contributed by atoms with Crippen molar-refractivity contribution >= 4 is 41.2 Å². The monoisotopic (exact) mass is 559 g/mol. The fourth-order valence-corrected chi connectivity index (χ4v) is 4.47. The van der Waals surface area contributed by atoms with Gasteiger partial charge >= 0.3 is 12.2 Å². The third kappa shape index (κ3) is 5.55. The predicted molar refractivity (Wildman–Crippen MR) is 132 cm³/mol. The second-order valence-corrected chi connectivity index (χ2v) is 8.95. The van der Waals surface area contributed by atoms with Crippen LogP contribution in [0.1, 0.15) is 10.5 Å². The van der Waals surface area contributed by atoms with E-state index in [1.807, 2.05) is 0 Å². The number of carboxylic acid groups (broad SMARTS) is 1. The molecule has 1 aromatic carbocycles. The van der Waals surface area contributed by atoms with E-state index in [1.165, 1.54) is 16.0 Å². The molecule has 0 unspecified atom stereocenters. The lowest BCUT2D eigenvalue weighted by Crippen LogP contribution is -2.51. The number of aromatic nitrogens is 3. The van der Waals surface area contributed by atoms with Gasteiger partial charge in [0.05, 0.1) is 18.8 Å². The van der Waals surface area contributed by atoms with Crippen LogP contribution in [0.5, 0.6) is 0 Å². The topological polar surface area (TPSA) is 159 Å². The van der Waals surface area contributed by atoms with E-state index in [9.17, 15) is 19.2 Å². The predicted octanol–water partition coefficient (Wildman–Crippen LogP) is 1.11. The van der Waals surface area contributed by atoms with E-state index in [0.29, 0.717) is 5.78 Å². The molecule has 16 heteroatoms. The van der Waals surface area contributed by atoms with Crippen LogP contribution in [0, 0.1) is 11.6 Å². The summed E-state index contributed by atoms with van der Waals surface area (Å²) >= 11 is 0. The minimum absolute atomic E-state index is 0.0903. The first-order chi connectivity index (χ1) is 19.2. The number of hydrogen-bond donors (Lipinski definition) is 2. The molecule has 0 aliphatic carbocycles. The van der Waals surface area contributed by atoms with E-state index >= 15 is 8.78 Å². The van der Waals surface area contributed by atoms with E-state index in [4.69, 9.17) is 9.84 Å². The third-order valence-corrected chi connectivity index (χ3v) is 6.40. The van der Waals surface area contributed by atoms with Crippen LogP contribution in [0.2, 0.25) is 0 Å². The average molecular weight is 559 g/mol. The van der Waals surface area contributed by atoms with E-state index in [1.54, 1.807) is 22.9 Å². The van der Waals surface area contributed by atoms with Crippen molar-refractivity contribution in [2.75, 3.05) is 55.7 Å². The second-order valence-electron chi connectivity index (χ2n) is 8.95. The van der Waals surface area contributed by atoms with Crippen molar-refractivity contribution < 1.29 is 42.5 Å². The number of hydrogen-bond acceptors (Lipinski definition) is 9. The Bertz CT molecular complexity index is 1420. The van der Waals surface area contributed by atoms with Gasteiger partial charge in [0, 0.05) is 56.9 Å². The smallest absolute Gasteiger partial charge is 0.450 e. The van der Waals surface area contributed by atoms with Gasteiger partial charge in [0.1, 0.15) is 18.0 Å².